The Morgan fingerprint density at radius 3 is 2.45 bits per heavy atom. The molecule has 1 aliphatic rings. The number of hydrogen-bond acceptors (Lipinski definition) is 6. The number of nitrogens with two attached hydrogens (primary N) is 1. The molecule has 2 aromatic rings. The van der Waals surface area contributed by atoms with Gasteiger partial charge in [-0.3, -0.25) is 14.9 Å². The van der Waals surface area contributed by atoms with E-state index >= 15 is 0 Å². The van der Waals surface area contributed by atoms with E-state index in [1.807, 2.05) is 0 Å². The van der Waals surface area contributed by atoms with Crippen LogP contribution in [0.5, 0.6) is 0 Å². The van der Waals surface area contributed by atoms with Gasteiger partial charge in [0, 0.05) is 30.4 Å². The fourth-order valence-electron chi connectivity index (χ4n) is 3.30. The van der Waals surface area contributed by atoms with E-state index in [4.69, 9.17) is 5.73 Å². The number of anilines is 2. The maximum Gasteiger partial charge on any atom is 0.293 e. The average Bonchev–Trinajstić information content (AvgIpc) is 2.70. The second-order valence-electron chi connectivity index (χ2n) is 6.92. The van der Waals surface area contributed by atoms with Crippen molar-refractivity contribution >= 4 is 33.0 Å². The molecule has 0 spiro atoms. The van der Waals surface area contributed by atoms with Gasteiger partial charge in [0.1, 0.15) is 5.69 Å². The van der Waals surface area contributed by atoms with Crippen molar-refractivity contribution in [2.75, 3.05) is 18.4 Å². The van der Waals surface area contributed by atoms with Gasteiger partial charge in [0.05, 0.1) is 9.82 Å². The summed E-state index contributed by atoms with van der Waals surface area (Å²) in [4.78, 5) is 22.2. The topological polar surface area (TPSA) is 136 Å². The second-order valence-corrected chi connectivity index (χ2v) is 8.83. The zero-order valence-corrected chi connectivity index (χ0v) is 16.7. The minimum Gasteiger partial charge on any atom is -0.366 e. The highest BCUT2D eigenvalue weighted by molar-refractivity contribution is 7.89. The summed E-state index contributed by atoms with van der Waals surface area (Å²) in [5.74, 6) is -0.773. The summed E-state index contributed by atoms with van der Waals surface area (Å²) in [7, 11) is -3.65. The highest BCUT2D eigenvalue weighted by Gasteiger charge is 2.28. The van der Waals surface area contributed by atoms with E-state index < -0.39 is 20.9 Å². The monoisotopic (exact) mass is 418 g/mol. The number of hydrogen-bond donors (Lipinski definition) is 2. The largest absolute Gasteiger partial charge is 0.366 e. The van der Waals surface area contributed by atoms with Crippen LogP contribution in [0.4, 0.5) is 17.1 Å². The number of piperidine rings is 1. The van der Waals surface area contributed by atoms with Crippen molar-refractivity contribution in [3.05, 3.63) is 57.6 Å². The number of rotatable bonds is 6. The number of aryl methyl sites for hydroxylation is 1. The van der Waals surface area contributed by atoms with Gasteiger partial charge in [0.25, 0.3) is 5.69 Å². The van der Waals surface area contributed by atoms with Crippen LogP contribution in [-0.4, -0.2) is 36.6 Å². The van der Waals surface area contributed by atoms with E-state index in [0.717, 1.165) is 25.3 Å². The van der Waals surface area contributed by atoms with Gasteiger partial charge >= 0.3 is 0 Å². The Balaban J connectivity index is 1.97. The molecule has 154 valence electrons. The first-order valence-corrected chi connectivity index (χ1v) is 10.6. The molecule has 0 saturated carbocycles. The maximum absolute atomic E-state index is 13.0. The number of carbonyl (C=O) groups is 1. The Bertz CT molecular complexity index is 1060. The molecule has 0 aromatic heterocycles. The molecule has 1 heterocycles. The summed E-state index contributed by atoms with van der Waals surface area (Å²) in [6, 6.07) is 8.61. The lowest BCUT2D eigenvalue weighted by Gasteiger charge is -2.26. The third-order valence-electron chi connectivity index (χ3n) is 4.88. The number of amides is 1. The number of nitrogens with zero attached hydrogens (tertiary/aromatic N) is 2. The predicted octanol–water partition coefficient (Wildman–Crippen LogP) is 2.92. The summed E-state index contributed by atoms with van der Waals surface area (Å²) in [5, 5.41) is 14.3. The molecule has 1 amide bonds. The van der Waals surface area contributed by atoms with E-state index in [1.165, 1.54) is 22.5 Å². The average molecular weight is 418 g/mol. The molecule has 29 heavy (non-hydrogen) atoms. The molecule has 10 heteroatoms. The van der Waals surface area contributed by atoms with E-state index in [-0.39, 0.29) is 21.8 Å². The fourth-order valence-corrected chi connectivity index (χ4v) is 5.07. The van der Waals surface area contributed by atoms with Gasteiger partial charge in [-0.1, -0.05) is 12.5 Å². The maximum atomic E-state index is 13.0. The fraction of sp³-hybridized carbons (Fsp3) is 0.316. The third kappa shape index (κ3) is 4.38. The van der Waals surface area contributed by atoms with Crippen LogP contribution in [0.1, 0.15) is 35.2 Å². The number of nitro groups is 1. The molecule has 0 radical (unpaired) electrons. The number of sulfonamides is 1. The lowest BCUT2D eigenvalue weighted by Crippen LogP contribution is -2.35. The number of benzene rings is 2. The van der Waals surface area contributed by atoms with Crippen molar-refractivity contribution in [1.29, 1.82) is 0 Å². The quantitative estimate of drug-likeness (QED) is 0.547. The molecule has 3 N–H and O–H groups in total. The highest BCUT2D eigenvalue weighted by atomic mass is 32.2. The van der Waals surface area contributed by atoms with Gasteiger partial charge in [-0.25, -0.2) is 8.42 Å². The first-order valence-electron chi connectivity index (χ1n) is 9.16. The highest BCUT2D eigenvalue weighted by Crippen LogP contribution is 2.31. The second kappa shape index (κ2) is 8.18. The van der Waals surface area contributed by atoms with Crippen molar-refractivity contribution in [3.63, 3.8) is 0 Å². The molecular formula is C19H22N4O5S. The van der Waals surface area contributed by atoms with Gasteiger partial charge in [-0.15, -0.1) is 0 Å². The normalized spacial score (nSPS) is 15.1. The summed E-state index contributed by atoms with van der Waals surface area (Å²) < 4.78 is 27.6. The number of nitrogens with one attached hydrogen (secondary N) is 1. The molecule has 0 unspecified atom stereocenters. The van der Waals surface area contributed by atoms with Crippen LogP contribution in [0.25, 0.3) is 0 Å². The van der Waals surface area contributed by atoms with Gasteiger partial charge in [0.2, 0.25) is 15.9 Å². The minimum absolute atomic E-state index is 0.0134. The molecule has 9 nitrogen and oxygen atoms in total. The SMILES string of the molecule is Cc1ccc(Nc2ccc(C(N)=O)cc2[N+](=O)[O-])cc1S(=O)(=O)N1CCCCC1. The number of primary amides is 1. The van der Waals surface area contributed by atoms with Crippen LogP contribution >= 0.6 is 0 Å². The zero-order chi connectivity index (χ0) is 21.2. The van der Waals surface area contributed by atoms with Crippen LogP contribution in [0.15, 0.2) is 41.3 Å². The first kappa shape index (κ1) is 20.7. The third-order valence-corrected chi connectivity index (χ3v) is 6.92. The molecule has 3 rings (SSSR count). The van der Waals surface area contributed by atoms with Gasteiger partial charge in [-0.2, -0.15) is 4.31 Å². The van der Waals surface area contributed by atoms with E-state index in [1.54, 1.807) is 19.1 Å². The smallest absolute Gasteiger partial charge is 0.293 e. The lowest BCUT2D eigenvalue weighted by atomic mass is 10.1. The Kier molecular flexibility index (Phi) is 5.85. The molecule has 0 aliphatic carbocycles. The van der Waals surface area contributed by atoms with Crippen LogP contribution in [-0.2, 0) is 10.0 Å². The van der Waals surface area contributed by atoms with Crippen LogP contribution in [0, 0.1) is 17.0 Å². The van der Waals surface area contributed by atoms with E-state index in [2.05, 4.69) is 5.32 Å². The summed E-state index contributed by atoms with van der Waals surface area (Å²) in [5.41, 5.74) is 5.99. The van der Waals surface area contributed by atoms with Crippen molar-refractivity contribution in [2.45, 2.75) is 31.1 Å². The van der Waals surface area contributed by atoms with Gasteiger partial charge in [-0.05, 0) is 49.6 Å². The van der Waals surface area contributed by atoms with Gasteiger partial charge in [0.15, 0.2) is 0 Å². The van der Waals surface area contributed by atoms with Crippen LogP contribution < -0.4 is 11.1 Å². The molecule has 1 saturated heterocycles. The Morgan fingerprint density at radius 1 is 1.14 bits per heavy atom. The number of carbonyl (C=O) groups excluding carboxylic acids is 1. The van der Waals surface area contributed by atoms with E-state index in [9.17, 15) is 23.3 Å². The van der Waals surface area contributed by atoms with Crippen molar-refractivity contribution < 1.29 is 18.1 Å². The van der Waals surface area contributed by atoms with Crippen molar-refractivity contribution in [3.8, 4) is 0 Å². The standard InChI is InChI=1S/C19H22N4O5S/c1-13-5-7-15(12-18(13)29(27,28)22-9-3-2-4-10-22)21-16-8-6-14(19(20)24)11-17(16)23(25)26/h5-8,11-12,21H,2-4,9-10H2,1H3,(H2,20,24). The predicted molar refractivity (Wildman–Crippen MR) is 109 cm³/mol. The summed E-state index contributed by atoms with van der Waals surface area (Å²) >= 11 is 0. The molecular weight excluding hydrogens is 396 g/mol. The molecule has 0 bridgehead atoms. The van der Waals surface area contributed by atoms with E-state index in [0.29, 0.717) is 24.3 Å². The number of nitro benzene ring substituents is 1. The summed E-state index contributed by atoms with van der Waals surface area (Å²) in [6.45, 7) is 2.68. The Labute approximate surface area is 168 Å². The van der Waals surface area contributed by atoms with Crippen molar-refractivity contribution in [2.24, 2.45) is 5.73 Å². The first-order chi connectivity index (χ1) is 13.7. The zero-order valence-electron chi connectivity index (χ0n) is 15.9. The van der Waals surface area contributed by atoms with Crippen molar-refractivity contribution in [1.82, 2.24) is 4.31 Å². The molecule has 1 aliphatic heterocycles. The molecule has 0 atom stereocenters. The minimum atomic E-state index is -3.65. The van der Waals surface area contributed by atoms with Crippen LogP contribution in [0.3, 0.4) is 0 Å². The van der Waals surface area contributed by atoms with Gasteiger partial charge < -0.3 is 11.1 Å². The Hall–Kier alpha value is -2.98. The Morgan fingerprint density at radius 2 is 1.83 bits per heavy atom. The van der Waals surface area contributed by atoms with Crippen LogP contribution in [0.2, 0.25) is 0 Å². The lowest BCUT2D eigenvalue weighted by molar-refractivity contribution is -0.383. The molecule has 2 aromatic carbocycles. The molecule has 1 fully saturated rings. The summed E-state index contributed by atoms with van der Waals surface area (Å²) in [6.07, 6.45) is 2.67.